The molecule has 4 rings (SSSR count). The van der Waals surface area contributed by atoms with Gasteiger partial charge in [-0.3, -0.25) is 0 Å². The molecule has 0 saturated heterocycles. The number of amides is 2. The van der Waals surface area contributed by atoms with E-state index in [9.17, 15) is 4.79 Å². The van der Waals surface area contributed by atoms with Crippen LogP contribution in [0.3, 0.4) is 0 Å². The summed E-state index contributed by atoms with van der Waals surface area (Å²) in [5.41, 5.74) is 0.878. The molecular weight excluding hydrogens is 272 g/mol. The van der Waals surface area contributed by atoms with Gasteiger partial charge < -0.3 is 10.6 Å². The summed E-state index contributed by atoms with van der Waals surface area (Å²) < 4.78 is 0. The van der Waals surface area contributed by atoms with Gasteiger partial charge in [-0.15, -0.1) is 0 Å². The van der Waals surface area contributed by atoms with E-state index in [1.807, 2.05) is 30.3 Å². The van der Waals surface area contributed by atoms with Crippen molar-refractivity contribution in [3.8, 4) is 0 Å². The second kappa shape index (κ2) is 5.64. The molecule has 2 bridgehead atoms. The first-order valence-electron chi connectivity index (χ1n) is 8.32. The summed E-state index contributed by atoms with van der Waals surface area (Å²) in [7, 11) is 0. The molecule has 0 spiro atoms. The maximum Gasteiger partial charge on any atom is 0.319 e. The summed E-state index contributed by atoms with van der Waals surface area (Å²) in [6, 6.07) is 14.0. The molecule has 22 heavy (non-hydrogen) atoms. The molecule has 0 aromatic heterocycles. The van der Waals surface area contributed by atoms with E-state index >= 15 is 0 Å². The molecular formula is C19H22N2O. The number of benzene rings is 2. The second-order valence-corrected chi connectivity index (χ2v) is 6.80. The lowest BCUT2D eigenvalue weighted by molar-refractivity contribution is 0.245. The Hall–Kier alpha value is -2.03. The molecule has 2 fully saturated rings. The second-order valence-electron chi connectivity index (χ2n) is 6.80. The number of carbonyl (C=O) groups is 1. The van der Waals surface area contributed by atoms with Crippen molar-refractivity contribution in [3.63, 3.8) is 0 Å². The predicted molar refractivity (Wildman–Crippen MR) is 89.9 cm³/mol. The van der Waals surface area contributed by atoms with Gasteiger partial charge in [-0.1, -0.05) is 42.8 Å². The Morgan fingerprint density at radius 1 is 1.05 bits per heavy atom. The molecule has 2 aromatic carbocycles. The van der Waals surface area contributed by atoms with Crippen molar-refractivity contribution < 1.29 is 4.79 Å². The minimum absolute atomic E-state index is 0.0841. The zero-order chi connectivity index (χ0) is 14.9. The number of hydrogen-bond donors (Lipinski definition) is 2. The molecule has 2 saturated carbocycles. The fourth-order valence-corrected chi connectivity index (χ4v) is 4.35. The van der Waals surface area contributed by atoms with Crippen LogP contribution >= 0.6 is 0 Å². The lowest BCUT2D eigenvalue weighted by Crippen LogP contribution is -2.34. The first-order valence-corrected chi connectivity index (χ1v) is 8.32. The van der Waals surface area contributed by atoms with Gasteiger partial charge in [-0.2, -0.15) is 0 Å². The zero-order valence-corrected chi connectivity index (χ0v) is 12.7. The Balaban J connectivity index is 1.39. The summed E-state index contributed by atoms with van der Waals surface area (Å²) in [4.78, 5) is 12.2. The quantitative estimate of drug-likeness (QED) is 0.865. The maximum atomic E-state index is 12.2. The molecule has 0 aliphatic heterocycles. The predicted octanol–water partition coefficient (Wildman–Crippen LogP) is 4.40. The maximum absolute atomic E-state index is 12.2. The molecule has 0 radical (unpaired) electrons. The van der Waals surface area contributed by atoms with Crippen LogP contribution in [-0.4, -0.2) is 12.6 Å². The molecule has 0 heterocycles. The molecule has 2 amide bonds. The normalized spacial score (nSPS) is 26.3. The average molecular weight is 294 g/mol. The van der Waals surface area contributed by atoms with E-state index in [-0.39, 0.29) is 6.03 Å². The van der Waals surface area contributed by atoms with Crippen LogP contribution in [0.4, 0.5) is 10.5 Å². The van der Waals surface area contributed by atoms with Gasteiger partial charge in [-0.05, 0) is 48.5 Å². The summed E-state index contributed by atoms with van der Waals surface area (Å²) in [6.07, 6.45) is 5.46. The van der Waals surface area contributed by atoms with E-state index in [2.05, 4.69) is 22.8 Å². The molecule has 2 aromatic rings. The Kier molecular flexibility index (Phi) is 3.49. The van der Waals surface area contributed by atoms with Crippen molar-refractivity contribution in [2.24, 2.45) is 17.8 Å². The zero-order valence-electron chi connectivity index (χ0n) is 12.7. The fraction of sp³-hybridized carbons (Fsp3) is 0.421. The fourth-order valence-electron chi connectivity index (χ4n) is 4.35. The molecule has 2 N–H and O–H groups in total. The van der Waals surface area contributed by atoms with Crippen LogP contribution in [0.15, 0.2) is 42.5 Å². The highest BCUT2D eigenvalue weighted by Crippen LogP contribution is 2.47. The standard InChI is InChI=1S/C19H22N2O/c22-19(20-12-16-11-13-8-9-15(16)10-13)21-18-7-3-5-14-4-1-2-6-17(14)18/h1-7,13,15-16H,8-12H2,(H2,20,21,22)/t13-,15+,16+/m0/s1. The van der Waals surface area contributed by atoms with Gasteiger partial charge in [0.25, 0.3) is 0 Å². The van der Waals surface area contributed by atoms with Crippen LogP contribution in [0.2, 0.25) is 0 Å². The van der Waals surface area contributed by atoms with Crippen molar-refractivity contribution in [1.82, 2.24) is 5.32 Å². The number of fused-ring (bicyclic) bond motifs is 3. The molecule has 2 aliphatic carbocycles. The van der Waals surface area contributed by atoms with Crippen LogP contribution in [0.5, 0.6) is 0 Å². The SMILES string of the molecule is O=C(NC[C@H]1C[C@H]2CC[C@@H]1C2)Nc1cccc2ccccc12. The summed E-state index contributed by atoms with van der Waals surface area (Å²) in [6.45, 7) is 0.817. The van der Waals surface area contributed by atoms with Crippen molar-refractivity contribution in [1.29, 1.82) is 0 Å². The Morgan fingerprint density at radius 2 is 1.91 bits per heavy atom. The lowest BCUT2D eigenvalue weighted by atomic mass is 9.89. The number of carbonyl (C=O) groups excluding carboxylic acids is 1. The highest BCUT2D eigenvalue weighted by molar-refractivity contribution is 6.01. The highest BCUT2D eigenvalue weighted by atomic mass is 16.2. The third kappa shape index (κ3) is 2.56. The topological polar surface area (TPSA) is 41.1 Å². The molecule has 0 unspecified atom stereocenters. The third-order valence-corrected chi connectivity index (χ3v) is 5.45. The van der Waals surface area contributed by atoms with Gasteiger partial charge in [0, 0.05) is 11.9 Å². The largest absolute Gasteiger partial charge is 0.338 e. The van der Waals surface area contributed by atoms with E-state index in [1.54, 1.807) is 0 Å². The summed E-state index contributed by atoms with van der Waals surface area (Å²) in [5.74, 6) is 2.47. The van der Waals surface area contributed by atoms with E-state index < -0.39 is 0 Å². The Labute approximate surface area is 131 Å². The first-order chi connectivity index (χ1) is 10.8. The lowest BCUT2D eigenvalue weighted by Gasteiger charge is -2.22. The van der Waals surface area contributed by atoms with Crippen LogP contribution in [0, 0.1) is 17.8 Å². The van der Waals surface area contributed by atoms with E-state index in [0.717, 1.165) is 34.8 Å². The van der Waals surface area contributed by atoms with Gasteiger partial charge in [0.1, 0.15) is 0 Å². The number of hydrogen-bond acceptors (Lipinski definition) is 1. The van der Waals surface area contributed by atoms with Crippen molar-refractivity contribution in [3.05, 3.63) is 42.5 Å². The minimum atomic E-state index is -0.0841. The van der Waals surface area contributed by atoms with Crippen LogP contribution in [-0.2, 0) is 0 Å². The number of rotatable bonds is 3. The summed E-state index contributed by atoms with van der Waals surface area (Å²) in [5, 5.41) is 8.31. The van der Waals surface area contributed by atoms with Crippen LogP contribution < -0.4 is 10.6 Å². The van der Waals surface area contributed by atoms with E-state index in [4.69, 9.17) is 0 Å². The van der Waals surface area contributed by atoms with E-state index in [1.165, 1.54) is 25.7 Å². The molecule has 114 valence electrons. The number of nitrogens with one attached hydrogen (secondary N) is 2. The van der Waals surface area contributed by atoms with Gasteiger partial charge in [0.05, 0.1) is 5.69 Å². The van der Waals surface area contributed by atoms with Crippen molar-refractivity contribution >= 4 is 22.5 Å². The van der Waals surface area contributed by atoms with Gasteiger partial charge in [0.2, 0.25) is 0 Å². The van der Waals surface area contributed by atoms with Gasteiger partial charge >= 0.3 is 6.03 Å². The Bertz CT molecular complexity index is 691. The molecule has 2 aliphatic rings. The molecule has 3 nitrogen and oxygen atoms in total. The number of urea groups is 1. The minimum Gasteiger partial charge on any atom is -0.338 e. The van der Waals surface area contributed by atoms with Crippen molar-refractivity contribution in [2.75, 3.05) is 11.9 Å². The van der Waals surface area contributed by atoms with Gasteiger partial charge in [-0.25, -0.2) is 4.79 Å². The van der Waals surface area contributed by atoms with Crippen molar-refractivity contribution in [2.45, 2.75) is 25.7 Å². The first kappa shape index (κ1) is 13.6. The highest BCUT2D eigenvalue weighted by Gasteiger charge is 2.39. The van der Waals surface area contributed by atoms with Crippen LogP contribution in [0.25, 0.3) is 10.8 Å². The smallest absolute Gasteiger partial charge is 0.319 e. The average Bonchev–Trinajstić information content (AvgIpc) is 3.16. The van der Waals surface area contributed by atoms with Crippen LogP contribution in [0.1, 0.15) is 25.7 Å². The number of anilines is 1. The summed E-state index contributed by atoms with van der Waals surface area (Å²) >= 11 is 0. The van der Waals surface area contributed by atoms with E-state index in [0.29, 0.717) is 5.92 Å². The third-order valence-electron chi connectivity index (χ3n) is 5.45. The molecule has 3 heteroatoms. The van der Waals surface area contributed by atoms with Gasteiger partial charge in [0.15, 0.2) is 0 Å². The monoisotopic (exact) mass is 294 g/mol. The molecule has 3 atom stereocenters. The Morgan fingerprint density at radius 3 is 2.73 bits per heavy atom.